The molecule has 8 heavy (non-hydrogen) atoms. The van der Waals surface area contributed by atoms with Gasteiger partial charge in [-0.3, -0.25) is 0 Å². The van der Waals surface area contributed by atoms with E-state index in [0.29, 0.717) is 0 Å². The molecule has 0 aromatic carbocycles. The third-order valence-corrected chi connectivity index (χ3v) is 18.5. The fraction of sp³-hybridized carbons (Fsp3) is 1.00. The van der Waals surface area contributed by atoms with Gasteiger partial charge in [-0.25, -0.2) is 0 Å². The van der Waals surface area contributed by atoms with Gasteiger partial charge in [0.2, 0.25) is 6.69 Å². The van der Waals surface area contributed by atoms with E-state index >= 15 is 0 Å². The molecule has 0 N–H and O–H groups in total. The zero-order chi connectivity index (χ0) is 6.41. The van der Waals surface area contributed by atoms with Crippen LogP contribution in [0.2, 0.25) is 17.9 Å². The fourth-order valence-electron chi connectivity index (χ4n) is 1.03. The molecule has 1 fully saturated rings. The lowest BCUT2D eigenvalue weighted by Crippen LogP contribution is -2.50. The first-order chi connectivity index (χ1) is 3.41. The Kier molecular flexibility index (Phi) is 1.75. The van der Waals surface area contributed by atoms with Crippen LogP contribution in [0.1, 0.15) is 0 Å². The summed E-state index contributed by atoms with van der Waals surface area (Å²) in [6.45, 7) is 0.404. The highest BCUT2D eigenvalue weighted by molar-refractivity contribution is 7.59. The summed E-state index contributed by atoms with van der Waals surface area (Å²) in [5, 5.41) is 0. The molecule has 0 atom stereocenters. The molecule has 0 unspecified atom stereocenters. The maximum absolute atomic E-state index is 5.99. The molecule has 1 aliphatic heterocycles. The minimum atomic E-state index is -1.71. The first kappa shape index (κ1) is 7.41. The van der Waals surface area contributed by atoms with E-state index < -0.39 is 14.1 Å². The normalized spacial score (nSPS) is 31.5. The van der Waals surface area contributed by atoms with Crippen LogP contribution in [0.3, 0.4) is 0 Å². The Morgan fingerprint density at radius 1 is 1.12 bits per heavy atom. The summed E-state index contributed by atoms with van der Waals surface area (Å²) in [6, 6.07) is 0. The van der Waals surface area contributed by atoms with Crippen LogP contribution in [-0.2, 0) is 0 Å². The highest BCUT2D eigenvalue weighted by atomic mass is 35.7. The second-order valence-corrected chi connectivity index (χ2v) is 17.6. The molecule has 0 nitrogen and oxygen atoms in total. The van der Waals surface area contributed by atoms with E-state index in [1.165, 1.54) is 0 Å². The molecule has 0 radical (unpaired) electrons. The van der Waals surface area contributed by atoms with Crippen LogP contribution in [0.5, 0.6) is 0 Å². The molecule has 1 heterocycles. The Bertz CT molecular complexity index is 89.1. The molecule has 0 amide bonds. The van der Waals surface area contributed by atoms with Crippen LogP contribution >= 0.6 is 33.2 Å². The van der Waals surface area contributed by atoms with Gasteiger partial charge in [-0.2, -0.15) is 11.1 Å². The summed E-state index contributed by atoms with van der Waals surface area (Å²) in [5.74, 6) is 0. The largest absolute Gasteiger partial charge is 0.248 e. The monoisotopic (exact) mass is 204 g/mol. The van der Waals surface area contributed by atoms with Gasteiger partial charge >= 0.3 is 0 Å². The quantitative estimate of drug-likeness (QED) is 0.421. The van der Waals surface area contributed by atoms with Gasteiger partial charge in [0.1, 0.15) is 0 Å². The average molecular weight is 206 g/mol. The third-order valence-electron chi connectivity index (χ3n) is 1.25. The minimum absolute atomic E-state index is 0.977. The molecule has 1 saturated heterocycles. The summed E-state index contributed by atoms with van der Waals surface area (Å²) >= 11 is 17.7. The summed E-state index contributed by atoms with van der Waals surface area (Å²) in [5.41, 5.74) is 1.95. The van der Waals surface area contributed by atoms with Crippen molar-refractivity contribution in [3.63, 3.8) is 0 Å². The van der Waals surface area contributed by atoms with E-state index in [2.05, 4.69) is 6.55 Å². The first-order valence-corrected chi connectivity index (χ1v) is 10.8. The van der Waals surface area contributed by atoms with Gasteiger partial charge in [0, 0.05) is 0 Å². The van der Waals surface area contributed by atoms with Crippen molar-refractivity contribution in [2.24, 2.45) is 0 Å². The lowest BCUT2D eigenvalue weighted by Gasteiger charge is -2.38. The zero-order valence-corrected chi connectivity index (χ0v) is 8.82. The second kappa shape index (κ2) is 1.89. The van der Waals surface area contributed by atoms with Crippen molar-refractivity contribution >= 4 is 47.3 Å². The van der Waals surface area contributed by atoms with E-state index in [1.54, 1.807) is 0 Å². The molecule has 1 aliphatic rings. The lowest BCUT2D eigenvalue weighted by molar-refractivity contribution is 1.53. The highest BCUT2D eigenvalue weighted by Crippen LogP contribution is 2.47. The Morgan fingerprint density at radius 3 is 1.50 bits per heavy atom. The maximum Gasteiger partial charge on any atom is 0.248 e. The van der Waals surface area contributed by atoms with Gasteiger partial charge in [0.05, 0.1) is 0 Å². The third kappa shape index (κ3) is 1.64. The van der Waals surface area contributed by atoms with Gasteiger partial charge in [-0.15, -0.1) is 22.2 Å². The van der Waals surface area contributed by atoms with E-state index in [1.807, 2.05) is 0 Å². The van der Waals surface area contributed by atoms with Crippen LogP contribution < -0.4 is 0 Å². The lowest BCUT2D eigenvalue weighted by atomic mass is 11.7. The molecular weight excluding hydrogens is 199 g/mol. The Labute approximate surface area is 65.3 Å². The van der Waals surface area contributed by atoms with Crippen molar-refractivity contribution in [1.82, 2.24) is 0 Å². The molecule has 0 aromatic rings. The van der Waals surface area contributed by atoms with Gasteiger partial charge in [-0.1, -0.05) is 6.55 Å². The summed E-state index contributed by atoms with van der Waals surface area (Å²) < 4.78 is 0. The smallest absolute Gasteiger partial charge is 0.168 e. The van der Waals surface area contributed by atoms with E-state index in [9.17, 15) is 0 Å². The number of halogens is 3. The van der Waals surface area contributed by atoms with Crippen LogP contribution in [0, 0.1) is 0 Å². The topological polar surface area (TPSA) is 0 Å². The van der Waals surface area contributed by atoms with Gasteiger partial charge in [0.15, 0.2) is 7.38 Å². The molecule has 5 heteroatoms. The predicted molar refractivity (Wildman–Crippen MR) is 44.5 cm³/mol. The van der Waals surface area contributed by atoms with Crippen molar-refractivity contribution in [3.8, 4) is 0 Å². The van der Waals surface area contributed by atoms with Gasteiger partial charge in [-0.05, 0) is 11.3 Å². The summed E-state index contributed by atoms with van der Waals surface area (Å²) in [7, 11) is -1.32. The molecule has 0 bridgehead atoms. The van der Waals surface area contributed by atoms with Crippen LogP contribution in [0.25, 0.3) is 0 Å². The first-order valence-electron chi connectivity index (χ1n) is 2.48. The SMILES string of the molecule is C[Si]1(Cl)C[Si](Cl)(Cl)C1. The average Bonchev–Trinajstić information content (AvgIpc) is 1.20. The zero-order valence-electron chi connectivity index (χ0n) is 4.55. The second-order valence-electron chi connectivity index (χ2n) is 2.62. The van der Waals surface area contributed by atoms with Crippen molar-refractivity contribution < 1.29 is 0 Å². The Morgan fingerprint density at radius 2 is 1.50 bits per heavy atom. The molecule has 48 valence electrons. The standard InChI is InChI=1S/C3H7Cl3Si2/c1-7(4)2-8(5,6)3-7/h2-3H2,1H3. The van der Waals surface area contributed by atoms with Crippen molar-refractivity contribution in [2.75, 3.05) is 0 Å². The Hall–Kier alpha value is 1.30. The number of hydrogen-bond donors (Lipinski definition) is 0. The molecule has 0 saturated carbocycles. The van der Waals surface area contributed by atoms with Crippen molar-refractivity contribution in [1.29, 1.82) is 0 Å². The highest BCUT2D eigenvalue weighted by Gasteiger charge is 2.53. The van der Waals surface area contributed by atoms with Crippen molar-refractivity contribution in [2.45, 2.75) is 17.9 Å². The molecule has 1 rings (SSSR count). The van der Waals surface area contributed by atoms with Gasteiger partial charge in [0.25, 0.3) is 0 Å². The Balaban J connectivity index is 2.42. The molecule has 0 spiro atoms. The number of hydrogen-bond acceptors (Lipinski definition) is 0. The van der Waals surface area contributed by atoms with Crippen LogP contribution in [-0.4, -0.2) is 14.1 Å². The van der Waals surface area contributed by atoms with E-state index in [0.717, 1.165) is 11.3 Å². The fourth-order valence-corrected chi connectivity index (χ4v) is 26.4. The van der Waals surface area contributed by atoms with Gasteiger partial charge < -0.3 is 0 Å². The molecule has 0 aliphatic carbocycles. The van der Waals surface area contributed by atoms with E-state index in [4.69, 9.17) is 33.2 Å². The minimum Gasteiger partial charge on any atom is -0.168 e. The summed E-state index contributed by atoms with van der Waals surface area (Å²) in [4.78, 5) is 0. The molecular formula is C3H7Cl3Si2. The predicted octanol–water partition coefficient (Wildman–Crippen LogP) is 2.81. The van der Waals surface area contributed by atoms with Crippen LogP contribution in [0.15, 0.2) is 0 Å². The van der Waals surface area contributed by atoms with E-state index in [-0.39, 0.29) is 0 Å². The molecule has 0 aromatic heterocycles. The summed E-state index contributed by atoms with van der Waals surface area (Å²) in [6.07, 6.45) is 0. The number of rotatable bonds is 0. The maximum atomic E-state index is 5.99. The van der Waals surface area contributed by atoms with Crippen molar-refractivity contribution in [3.05, 3.63) is 0 Å². The van der Waals surface area contributed by atoms with Crippen LogP contribution in [0.4, 0.5) is 0 Å².